The number of benzene rings is 2. The summed E-state index contributed by atoms with van der Waals surface area (Å²) in [4.78, 5) is 4.11. The molecular formula is C22H26Cl3NO4S. The third kappa shape index (κ3) is 8.21. The van der Waals surface area contributed by atoms with Gasteiger partial charge < -0.3 is 19.3 Å². The number of halogens is 3. The largest absolute Gasteiger partial charge is 0.491 e. The topological polar surface area (TPSA) is 51.2 Å². The average molecular weight is 507 g/mol. The summed E-state index contributed by atoms with van der Waals surface area (Å²) in [5.41, 5.74) is 0. The SMILES string of the molecule is OC(COc1ccc(Sc2cc(Cl)c(OCCCCl)c(Cl)c2)cc1)CN1CCOCC1. The average Bonchev–Trinajstić information content (AvgIpc) is 2.76. The number of aliphatic hydroxyl groups excluding tert-OH is 1. The number of morpholine rings is 1. The highest BCUT2D eigenvalue weighted by molar-refractivity contribution is 7.99. The third-order valence-electron chi connectivity index (χ3n) is 4.57. The molecule has 31 heavy (non-hydrogen) atoms. The summed E-state index contributed by atoms with van der Waals surface area (Å²) in [6, 6.07) is 11.4. The van der Waals surface area contributed by atoms with Gasteiger partial charge in [-0.3, -0.25) is 4.90 Å². The molecular weight excluding hydrogens is 481 g/mol. The maximum absolute atomic E-state index is 10.2. The molecule has 5 nitrogen and oxygen atoms in total. The number of alkyl halides is 1. The van der Waals surface area contributed by atoms with E-state index in [-0.39, 0.29) is 6.61 Å². The van der Waals surface area contributed by atoms with Crippen molar-refractivity contribution in [1.82, 2.24) is 4.90 Å². The van der Waals surface area contributed by atoms with Gasteiger partial charge >= 0.3 is 0 Å². The lowest BCUT2D eigenvalue weighted by atomic mass is 10.3. The van der Waals surface area contributed by atoms with Crippen LogP contribution in [-0.2, 0) is 4.74 Å². The number of β-amino-alcohol motifs (C(OH)–C–C–N with tert-alkyl or cyclic N) is 1. The van der Waals surface area contributed by atoms with Crippen LogP contribution >= 0.6 is 46.6 Å². The van der Waals surface area contributed by atoms with E-state index < -0.39 is 6.10 Å². The first-order chi connectivity index (χ1) is 15.0. The van der Waals surface area contributed by atoms with Crippen LogP contribution in [0.3, 0.4) is 0 Å². The zero-order valence-electron chi connectivity index (χ0n) is 17.1. The molecule has 0 radical (unpaired) electrons. The predicted octanol–water partition coefficient (Wildman–Crippen LogP) is 5.22. The van der Waals surface area contributed by atoms with Crippen LogP contribution in [0.5, 0.6) is 11.5 Å². The molecule has 0 amide bonds. The normalized spacial score (nSPS) is 15.6. The van der Waals surface area contributed by atoms with Crippen molar-refractivity contribution < 1.29 is 19.3 Å². The Labute approximate surface area is 202 Å². The minimum absolute atomic E-state index is 0.250. The van der Waals surface area contributed by atoms with Crippen molar-refractivity contribution >= 4 is 46.6 Å². The lowest BCUT2D eigenvalue weighted by molar-refractivity contribution is 0.00465. The number of hydrogen-bond donors (Lipinski definition) is 1. The van der Waals surface area contributed by atoms with Crippen molar-refractivity contribution in [3.8, 4) is 11.5 Å². The summed E-state index contributed by atoms with van der Waals surface area (Å²) < 4.78 is 16.7. The van der Waals surface area contributed by atoms with E-state index in [2.05, 4.69) is 4.90 Å². The van der Waals surface area contributed by atoms with Gasteiger partial charge in [0.05, 0.1) is 29.9 Å². The fourth-order valence-electron chi connectivity index (χ4n) is 3.03. The molecule has 0 saturated carbocycles. The maximum atomic E-state index is 10.2. The Morgan fingerprint density at radius 2 is 1.71 bits per heavy atom. The summed E-state index contributed by atoms with van der Waals surface area (Å²) in [6.45, 7) is 4.43. The minimum atomic E-state index is -0.540. The monoisotopic (exact) mass is 505 g/mol. The highest BCUT2D eigenvalue weighted by atomic mass is 35.5. The van der Waals surface area contributed by atoms with E-state index in [1.807, 2.05) is 36.4 Å². The quantitative estimate of drug-likeness (QED) is 0.333. The first kappa shape index (κ1) is 24.8. The van der Waals surface area contributed by atoms with Gasteiger partial charge in [-0.2, -0.15) is 0 Å². The Hall–Kier alpha value is -0.860. The molecule has 0 aliphatic carbocycles. The molecule has 1 saturated heterocycles. The van der Waals surface area contributed by atoms with Crippen molar-refractivity contribution in [3.63, 3.8) is 0 Å². The van der Waals surface area contributed by atoms with Crippen LogP contribution in [0.1, 0.15) is 6.42 Å². The van der Waals surface area contributed by atoms with Crippen LogP contribution in [0.4, 0.5) is 0 Å². The zero-order valence-corrected chi connectivity index (χ0v) is 20.2. The third-order valence-corrected chi connectivity index (χ3v) is 6.38. The van der Waals surface area contributed by atoms with E-state index in [4.69, 9.17) is 49.0 Å². The molecule has 3 rings (SSSR count). The fraction of sp³-hybridized carbons (Fsp3) is 0.455. The van der Waals surface area contributed by atoms with Crippen LogP contribution in [-0.4, -0.2) is 68.1 Å². The number of hydrogen-bond acceptors (Lipinski definition) is 6. The first-order valence-electron chi connectivity index (χ1n) is 10.1. The van der Waals surface area contributed by atoms with Crippen molar-refractivity contribution in [2.75, 3.05) is 51.9 Å². The Bertz CT molecular complexity index is 796. The van der Waals surface area contributed by atoms with Crippen LogP contribution in [0.2, 0.25) is 10.0 Å². The molecule has 1 atom stereocenters. The lowest BCUT2D eigenvalue weighted by Gasteiger charge is -2.28. The first-order valence-corrected chi connectivity index (χ1v) is 12.2. The highest BCUT2D eigenvalue weighted by Crippen LogP contribution is 2.39. The standard InChI is InChI=1S/C22H26Cl3NO4S/c23-6-1-9-29-22-20(24)12-19(13-21(22)25)31-18-4-2-17(3-5-18)30-15-16(27)14-26-7-10-28-11-8-26/h2-5,12-13,16,27H,1,6-11,14-15H2. The molecule has 0 aromatic heterocycles. The van der Waals surface area contributed by atoms with Gasteiger partial charge in [0.2, 0.25) is 0 Å². The van der Waals surface area contributed by atoms with Gasteiger partial charge in [0, 0.05) is 35.3 Å². The minimum Gasteiger partial charge on any atom is -0.491 e. The van der Waals surface area contributed by atoms with Crippen LogP contribution in [0, 0.1) is 0 Å². The Kier molecular flexibility index (Phi) is 10.4. The van der Waals surface area contributed by atoms with Gasteiger partial charge in [0.15, 0.2) is 5.75 Å². The summed E-state index contributed by atoms with van der Waals surface area (Å²) in [7, 11) is 0. The molecule has 9 heteroatoms. The van der Waals surface area contributed by atoms with E-state index in [0.29, 0.717) is 53.8 Å². The van der Waals surface area contributed by atoms with Crippen LogP contribution in [0.25, 0.3) is 0 Å². The van der Waals surface area contributed by atoms with Crippen molar-refractivity contribution in [3.05, 3.63) is 46.4 Å². The number of rotatable bonds is 11. The molecule has 1 fully saturated rings. The molecule has 170 valence electrons. The van der Waals surface area contributed by atoms with E-state index in [1.54, 1.807) is 11.8 Å². The second-order valence-corrected chi connectivity index (χ2v) is 9.40. The van der Waals surface area contributed by atoms with Crippen molar-refractivity contribution in [2.24, 2.45) is 0 Å². The molecule has 1 N–H and O–H groups in total. The summed E-state index contributed by atoms with van der Waals surface area (Å²) in [5, 5.41) is 11.1. The molecule has 0 spiro atoms. The van der Waals surface area contributed by atoms with Gasteiger partial charge in [0.25, 0.3) is 0 Å². The number of aliphatic hydroxyl groups is 1. The van der Waals surface area contributed by atoms with Crippen LogP contribution < -0.4 is 9.47 Å². The van der Waals surface area contributed by atoms with Crippen molar-refractivity contribution in [1.29, 1.82) is 0 Å². The van der Waals surface area contributed by atoms with E-state index >= 15 is 0 Å². The second kappa shape index (κ2) is 13.0. The maximum Gasteiger partial charge on any atom is 0.156 e. The predicted molar refractivity (Wildman–Crippen MR) is 127 cm³/mol. The molecule has 2 aromatic rings. The Morgan fingerprint density at radius 1 is 1.03 bits per heavy atom. The van der Waals surface area contributed by atoms with Crippen LogP contribution in [0.15, 0.2) is 46.2 Å². The fourth-order valence-corrected chi connectivity index (χ4v) is 4.76. The molecule has 1 aliphatic rings. The summed E-state index contributed by atoms with van der Waals surface area (Å²) >= 11 is 19.9. The van der Waals surface area contributed by atoms with E-state index in [9.17, 15) is 5.11 Å². The smallest absolute Gasteiger partial charge is 0.156 e. The Balaban J connectivity index is 1.49. The van der Waals surface area contributed by atoms with Gasteiger partial charge in [-0.25, -0.2) is 0 Å². The van der Waals surface area contributed by atoms with Gasteiger partial charge in [-0.1, -0.05) is 35.0 Å². The number of nitrogens with zero attached hydrogens (tertiary/aromatic N) is 1. The molecule has 1 unspecified atom stereocenters. The van der Waals surface area contributed by atoms with Gasteiger partial charge in [-0.05, 0) is 42.8 Å². The second-order valence-electron chi connectivity index (χ2n) is 7.06. The van der Waals surface area contributed by atoms with E-state index in [1.165, 1.54) is 0 Å². The molecule has 1 aliphatic heterocycles. The van der Waals surface area contributed by atoms with Gasteiger partial charge in [0.1, 0.15) is 18.5 Å². The van der Waals surface area contributed by atoms with E-state index in [0.717, 1.165) is 29.3 Å². The number of ether oxygens (including phenoxy) is 3. The molecule has 0 bridgehead atoms. The highest BCUT2D eigenvalue weighted by Gasteiger charge is 2.15. The van der Waals surface area contributed by atoms with Crippen molar-refractivity contribution in [2.45, 2.75) is 22.3 Å². The lowest BCUT2D eigenvalue weighted by Crippen LogP contribution is -2.42. The Morgan fingerprint density at radius 3 is 2.35 bits per heavy atom. The molecule has 2 aromatic carbocycles. The summed E-state index contributed by atoms with van der Waals surface area (Å²) in [6.07, 6.45) is 0.185. The zero-order chi connectivity index (χ0) is 22.1. The summed E-state index contributed by atoms with van der Waals surface area (Å²) in [5.74, 6) is 1.72. The molecule has 1 heterocycles. The van der Waals surface area contributed by atoms with Gasteiger partial charge in [-0.15, -0.1) is 11.6 Å².